The van der Waals surface area contributed by atoms with Crippen LogP contribution in [0.4, 0.5) is 0 Å². The number of fused-ring (bicyclic) bond motifs is 3. The Balaban J connectivity index is 2.03. The molecule has 98 valence electrons. The van der Waals surface area contributed by atoms with Gasteiger partial charge in [0.1, 0.15) is 11.5 Å². The number of ether oxygens (including phenoxy) is 2. The lowest BCUT2D eigenvalue weighted by atomic mass is 9.79. The molecule has 0 amide bonds. The number of nitrogens with zero attached hydrogens (tertiary/aromatic N) is 1. The van der Waals surface area contributed by atoms with Gasteiger partial charge < -0.3 is 14.4 Å². The maximum atomic E-state index is 5.94. The molecule has 1 aromatic rings. The third-order valence-corrected chi connectivity index (χ3v) is 4.67. The Bertz CT molecular complexity index is 463. The summed E-state index contributed by atoms with van der Waals surface area (Å²) < 4.78 is 12.3. The van der Waals surface area contributed by atoms with Crippen molar-refractivity contribution in [1.29, 1.82) is 0 Å². The predicted octanol–water partition coefficient (Wildman–Crippen LogP) is 2.89. The van der Waals surface area contributed by atoms with E-state index in [-0.39, 0.29) is 0 Å². The lowest BCUT2D eigenvalue weighted by Gasteiger charge is -2.41. The quantitative estimate of drug-likeness (QED) is 0.796. The van der Waals surface area contributed by atoms with Crippen molar-refractivity contribution in [3.05, 3.63) is 22.2 Å². The van der Waals surface area contributed by atoms with Crippen molar-refractivity contribution < 1.29 is 9.47 Å². The topological polar surface area (TPSA) is 21.7 Å². The van der Waals surface area contributed by atoms with Crippen LogP contribution in [0.15, 0.2) is 16.6 Å². The van der Waals surface area contributed by atoms with Crippen molar-refractivity contribution in [3.63, 3.8) is 0 Å². The maximum Gasteiger partial charge on any atom is 0.137 e. The number of hydrogen-bond acceptors (Lipinski definition) is 3. The summed E-state index contributed by atoms with van der Waals surface area (Å²) in [6.45, 7) is 3.13. The fourth-order valence-corrected chi connectivity index (χ4v) is 3.61. The van der Waals surface area contributed by atoms with Crippen LogP contribution in [0.3, 0.4) is 0 Å². The highest BCUT2D eigenvalue weighted by Gasteiger charge is 2.35. The second-order valence-corrected chi connectivity index (χ2v) is 6.11. The van der Waals surface area contributed by atoms with Gasteiger partial charge >= 0.3 is 0 Å². The number of likely N-dealkylation sites (tertiary alicyclic amines) is 1. The molecule has 2 aliphatic heterocycles. The van der Waals surface area contributed by atoms with Crippen LogP contribution in [0.1, 0.15) is 17.9 Å². The van der Waals surface area contributed by atoms with Crippen LogP contribution < -0.4 is 9.47 Å². The first-order valence-corrected chi connectivity index (χ1v) is 7.17. The summed E-state index contributed by atoms with van der Waals surface area (Å²) in [4.78, 5) is 2.41. The molecule has 0 aliphatic carbocycles. The summed E-state index contributed by atoms with van der Waals surface area (Å²) >= 11 is 3.59. The Hall–Kier alpha value is -0.740. The largest absolute Gasteiger partial charge is 0.497 e. The number of likely N-dealkylation sites (N-methyl/N-ethyl adjacent to an activating group) is 1. The van der Waals surface area contributed by atoms with Crippen LogP contribution in [-0.4, -0.2) is 38.8 Å². The Labute approximate surface area is 116 Å². The van der Waals surface area contributed by atoms with E-state index in [1.807, 2.05) is 6.07 Å². The highest BCUT2D eigenvalue weighted by molar-refractivity contribution is 9.10. The average molecular weight is 312 g/mol. The highest BCUT2D eigenvalue weighted by atomic mass is 79.9. The van der Waals surface area contributed by atoms with E-state index >= 15 is 0 Å². The zero-order chi connectivity index (χ0) is 12.7. The van der Waals surface area contributed by atoms with Gasteiger partial charge in [0, 0.05) is 23.9 Å². The first kappa shape index (κ1) is 12.3. The van der Waals surface area contributed by atoms with E-state index in [2.05, 4.69) is 33.9 Å². The van der Waals surface area contributed by atoms with Gasteiger partial charge in [0.25, 0.3) is 0 Å². The normalized spacial score (nSPS) is 27.1. The van der Waals surface area contributed by atoms with E-state index in [0.717, 1.165) is 29.1 Å². The summed E-state index contributed by atoms with van der Waals surface area (Å²) in [5.74, 6) is 3.12. The standard InChI is InChI=1S/C14H18BrNO2/c1-16-4-3-9-8-18-14-11(12(9)7-16)5-10(17-2)6-13(14)15/h5-6,9,12H,3-4,7-8H2,1-2H3/t9-,12-/m0/s1. The summed E-state index contributed by atoms with van der Waals surface area (Å²) in [5.41, 5.74) is 1.30. The van der Waals surface area contributed by atoms with Crippen molar-refractivity contribution in [2.45, 2.75) is 12.3 Å². The van der Waals surface area contributed by atoms with Crippen LogP contribution in [0.2, 0.25) is 0 Å². The number of halogens is 1. The van der Waals surface area contributed by atoms with Crippen molar-refractivity contribution in [3.8, 4) is 11.5 Å². The molecular weight excluding hydrogens is 294 g/mol. The van der Waals surface area contributed by atoms with Crippen LogP contribution in [0.5, 0.6) is 11.5 Å². The van der Waals surface area contributed by atoms with Crippen LogP contribution in [0, 0.1) is 5.92 Å². The molecule has 2 atom stereocenters. The average Bonchev–Trinajstić information content (AvgIpc) is 2.38. The first-order chi connectivity index (χ1) is 8.69. The van der Waals surface area contributed by atoms with Crippen molar-refractivity contribution in [2.24, 2.45) is 5.92 Å². The fourth-order valence-electron chi connectivity index (χ4n) is 3.04. The lowest BCUT2D eigenvalue weighted by Crippen LogP contribution is -2.41. The molecule has 4 heteroatoms. The third-order valence-electron chi connectivity index (χ3n) is 4.08. The van der Waals surface area contributed by atoms with Gasteiger partial charge in [0.2, 0.25) is 0 Å². The molecule has 18 heavy (non-hydrogen) atoms. The van der Waals surface area contributed by atoms with E-state index < -0.39 is 0 Å². The Morgan fingerprint density at radius 3 is 3.06 bits per heavy atom. The van der Waals surface area contributed by atoms with Crippen molar-refractivity contribution in [2.75, 3.05) is 33.9 Å². The van der Waals surface area contributed by atoms with Gasteiger partial charge in [-0.2, -0.15) is 0 Å². The minimum Gasteiger partial charge on any atom is -0.497 e. The zero-order valence-electron chi connectivity index (χ0n) is 10.8. The van der Waals surface area contributed by atoms with Gasteiger partial charge in [0.15, 0.2) is 0 Å². The molecule has 0 aromatic heterocycles. The second kappa shape index (κ2) is 4.74. The predicted molar refractivity (Wildman–Crippen MR) is 74.5 cm³/mol. The smallest absolute Gasteiger partial charge is 0.137 e. The number of methoxy groups -OCH3 is 1. The molecule has 0 radical (unpaired) electrons. The lowest BCUT2D eigenvalue weighted by molar-refractivity contribution is 0.113. The van der Waals surface area contributed by atoms with Crippen molar-refractivity contribution in [1.82, 2.24) is 4.90 Å². The molecule has 0 saturated carbocycles. The summed E-state index contributed by atoms with van der Waals surface area (Å²) in [5, 5.41) is 0. The van der Waals surface area contributed by atoms with E-state index in [0.29, 0.717) is 11.8 Å². The third kappa shape index (κ3) is 2.01. The maximum absolute atomic E-state index is 5.94. The summed E-state index contributed by atoms with van der Waals surface area (Å²) in [6, 6.07) is 4.11. The zero-order valence-corrected chi connectivity index (χ0v) is 12.4. The van der Waals surface area contributed by atoms with E-state index in [1.165, 1.54) is 18.5 Å². The molecule has 0 spiro atoms. The first-order valence-electron chi connectivity index (χ1n) is 6.38. The summed E-state index contributed by atoms with van der Waals surface area (Å²) in [6.07, 6.45) is 1.22. The van der Waals surface area contributed by atoms with Crippen LogP contribution in [-0.2, 0) is 0 Å². The molecule has 0 N–H and O–H groups in total. The Morgan fingerprint density at radius 1 is 1.44 bits per heavy atom. The molecule has 0 unspecified atom stereocenters. The van der Waals surface area contributed by atoms with E-state index in [1.54, 1.807) is 7.11 Å². The van der Waals surface area contributed by atoms with Crippen LogP contribution >= 0.6 is 15.9 Å². The molecule has 3 rings (SSSR count). The number of piperidine rings is 1. The van der Waals surface area contributed by atoms with Gasteiger partial charge in [-0.1, -0.05) is 0 Å². The monoisotopic (exact) mass is 311 g/mol. The number of benzene rings is 1. The molecule has 1 fully saturated rings. The van der Waals surface area contributed by atoms with Crippen LogP contribution in [0.25, 0.3) is 0 Å². The van der Waals surface area contributed by atoms with Gasteiger partial charge in [-0.25, -0.2) is 0 Å². The molecular formula is C14H18BrNO2. The fraction of sp³-hybridized carbons (Fsp3) is 0.571. The Kier molecular flexibility index (Phi) is 3.24. The minimum atomic E-state index is 0.568. The SMILES string of the molecule is COc1cc(Br)c2c(c1)[C@H]1CN(C)CC[C@H]1CO2. The second-order valence-electron chi connectivity index (χ2n) is 5.26. The summed E-state index contributed by atoms with van der Waals surface area (Å²) in [7, 11) is 3.91. The van der Waals surface area contributed by atoms with Crippen molar-refractivity contribution >= 4 is 15.9 Å². The molecule has 1 saturated heterocycles. The van der Waals surface area contributed by atoms with Gasteiger partial charge in [-0.05, 0) is 48.1 Å². The minimum absolute atomic E-state index is 0.568. The van der Waals surface area contributed by atoms with E-state index in [4.69, 9.17) is 9.47 Å². The molecule has 0 bridgehead atoms. The molecule has 1 aromatic carbocycles. The molecule has 2 aliphatic rings. The molecule has 2 heterocycles. The van der Waals surface area contributed by atoms with Gasteiger partial charge in [-0.3, -0.25) is 0 Å². The number of rotatable bonds is 1. The van der Waals surface area contributed by atoms with E-state index in [9.17, 15) is 0 Å². The molecule has 3 nitrogen and oxygen atoms in total. The van der Waals surface area contributed by atoms with Gasteiger partial charge in [-0.15, -0.1) is 0 Å². The van der Waals surface area contributed by atoms with Gasteiger partial charge in [0.05, 0.1) is 18.2 Å². The number of hydrogen-bond donors (Lipinski definition) is 0. The highest BCUT2D eigenvalue weighted by Crippen LogP contribution is 2.46. The Morgan fingerprint density at radius 2 is 2.28 bits per heavy atom.